The molecule has 0 aliphatic carbocycles. The molecular weight excluding hydrogens is 425 g/mol. The zero-order valence-electron chi connectivity index (χ0n) is 17.9. The maximum atomic E-state index is 13.4. The molecule has 0 unspecified atom stereocenters. The van der Waals surface area contributed by atoms with Gasteiger partial charge < -0.3 is 19.9 Å². The fourth-order valence-electron chi connectivity index (χ4n) is 3.26. The molecule has 2 aromatic heterocycles. The maximum absolute atomic E-state index is 13.4. The second-order valence-electron chi connectivity index (χ2n) is 7.05. The first-order valence-corrected chi connectivity index (χ1v) is 10.3. The number of hydrogen-bond acceptors (Lipinski definition) is 4. The molecule has 4 rings (SSSR count). The van der Waals surface area contributed by atoms with Crippen molar-refractivity contribution in [1.82, 2.24) is 19.7 Å². The standard InChI is InChI=1S/C24H22FN5O3/c1-2-33-20-11-7-18(8-12-20)28-22(31)16-26-23(32)21-15-27-30(19-9-5-17(25)6-10-19)24(21)29-13-3-4-14-29/h3-15H,2,16H2,1H3,(H,26,32)(H,28,31). The Morgan fingerprint density at radius 3 is 2.39 bits per heavy atom. The summed E-state index contributed by atoms with van der Waals surface area (Å²) in [6.45, 7) is 2.23. The quantitative estimate of drug-likeness (QED) is 0.432. The summed E-state index contributed by atoms with van der Waals surface area (Å²) in [6, 6.07) is 16.4. The first-order chi connectivity index (χ1) is 16.0. The van der Waals surface area contributed by atoms with Gasteiger partial charge in [0.25, 0.3) is 5.91 Å². The van der Waals surface area contributed by atoms with Gasteiger partial charge in [-0.1, -0.05) is 0 Å². The Hall–Kier alpha value is -4.40. The van der Waals surface area contributed by atoms with E-state index >= 15 is 0 Å². The van der Waals surface area contributed by atoms with Crippen LogP contribution in [0.1, 0.15) is 17.3 Å². The largest absolute Gasteiger partial charge is 0.494 e. The van der Waals surface area contributed by atoms with Gasteiger partial charge in [-0.3, -0.25) is 9.59 Å². The molecule has 0 spiro atoms. The Kier molecular flexibility index (Phi) is 6.49. The third-order valence-corrected chi connectivity index (χ3v) is 4.77. The van der Waals surface area contributed by atoms with Crippen molar-refractivity contribution in [2.24, 2.45) is 0 Å². The monoisotopic (exact) mass is 447 g/mol. The predicted molar refractivity (Wildman–Crippen MR) is 121 cm³/mol. The van der Waals surface area contributed by atoms with Crippen molar-refractivity contribution in [3.05, 3.63) is 90.6 Å². The van der Waals surface area contributed by atoms with Gasteiger partial charge in [0.05, 0.1) is 25.0 Å². The summed E-state index contributed by atoms with van der Waals surface area (Å²) in [4.78, 5) is 25.2. The second kappa shape index (κ2) is 9.82. The molecule has 33 heavy (non-hydrogen) atoms. The highest BCUT2D eigenvalue weighted by atomic mass is 19.1. The highest BCUT2D eigenvalue weighted by Crippen LogP contribution is 2.20. The lowest BCUT2D eigenvalue weighted by molar-refractivity contribution is -0.115. The van der Waals surface area contributed by atoms with Crippen LogP contribution in [0.25, 0.3) is 11.5 Å². The Labute approximate surface area is 189 Å². The fraction of sp³-hybridized carbons (Fsp3) is 0.125. The number of halogens is 1. The molecule has 0 bridgehead atoms. The molecule has 0 atom stereocenters. The third-order valence-electron chi connectivity index (χ3n) is 4.77. The van der Waals surface area contributed by atoms with Crippen LogP contribution in [0.5, 0.6) is 5.75 Å². The second-order valence-corrected chi connectivity index (χ2v) is 7.05. The Morgan fingerprint density at radius 1 is 1.03 bits per heavy atom. The van der Waals surface area contributed by atoms with Crippen molar-refractivity contribution in [3.8, 4) is 17.3 Å². The van der Waals surface area contributed by atoms with E-state index in [1.54, 1.807) is 53.4 Å². The minimum atomic E-state index is -0.464. The van der Waals surface area contributed by atoms with Crippen LogP contribution in [0.2, 0.25) is 0 Å². The number of hydrogen-bond donors (Lipinski definition) is 2. The van der Waals surface area contributed by atoms with E-state index in [0.717, 1.165) is 0 Å². The van der Waals surface area contributed by atoms with Crippen LogP contribution in [0, 0.1) is 5.82 Å². The zero-order valence-corrected chi connectivity index (χ0v) is 17.9. The van der Waals surface area contributed by atoms with E-state index in [0.29, 0.717) is 29.5 Å². The molecule has 2 N–H and O–H groups in total. The number of carbonyl (C=O) groups is 2. The Balaban J connectivity index is 1.48. The number of carbonyl (C=O) groups excluding carboxylic acids is 2. The number of rotatable bonds is 8. The average Bonchev–Trinajstić information content (AvgIpc) is 3.49. The zero-order chi connectivity index (χ0) is 23.2. The van der Waals surface area contributed by atoms with Crippen molar-refractivity contribution < 1.29 is 18.7 Å². The normalized spacial score (nSPS) is 10.6. The van der Waals surface area contributed by atoms with Crippen LogP contribution < -0.4 is 15.4 Å². The van der Waals surface area contributed by atoms with Gasteiger partial charge in [0.1, 0.15) is 17.1 Å². The lowest BCUT2D eigenvalue weighted by atomic mass is 10.2. The summed E-state index contributed by atoms with van der Waals surface area (Å²) in [5.41, 5.74) is 1.45. The van der Waals surface area contributed by atoms with Crippen LogP contribution in [0.3, 0.4) is 0 Å². The van der Waals surface area contributed by atoms with Gasteiger partial charge >= 0.3 is 0 Å². The van der Waals surface area contributed by atoms with Gasteiger partial charge in [-0.15, -0.1) is 0 Å². The molecule has 8 nitrogen and oxygen atoms in total. The van der Waals surface area contributed by atoms with E-state index in [1.807, 2.05) is 19.1 Å². The lowest BCUT2D eigenvalue weighted by Crippen LogP contribution is -2.33. The number of anilines is 1. The SMILES string of the molecule is CCOc1ccc(NC(=O)CNC(=O)c2cnn(-c3ccc(F)cc3)c2-n2cccc2)cc1. The molecule has 0 aliphatic rings. The summed E-state index contributed by atoms with van der Waals surface area (Å²) in [6.07, 6.45) is 4.96. The van der Waals surface area contributed by atoms with Gasteiger partial charge in [-0.05, 0) is 67.6 Å². The first-order valence-electron chi connectivity index (χ1n) is 10.3. The van der Waals surface area contributed by atoms with Crippen LogP contribution in [-0.2, 0) is 4.79 Å². The topological polar surface area (TPSA) is 90.2 Å². The molecular formula is C24H22FN5O3. The lowest BCUT2D eigenvalue weighted by Gasteiger charge is -2.11. The number of aromatic nitrogens is 3. The summed E-state index contributed by atoms with van der Waals surface area (Å²) >= 11 is 0. The van der Waals surface area contributed by atoms with Crippen molar-refractivity contribution >= 4 is 17.5 Å². The molecule has 0 saturated heterocycles. The van der Waals surface area contributed by atoms with Crippen LogP contribution in [0.15, 0.2) is 79.3 Å². The Morgan fingerprint density at radius 2 is 1.73 bits per heavy atom. The molecule has 2 amide bonds. The highest BCUT2D eigenvalue weighted by molar-refractivity contribution is 6.01. The van der Waals surface area contributed by atoms with E-state index in [2.05, 4.69) is 15.7 Å². The number of ether oxygens (including phenoxy) is 1. The van der Waals surface area contributed by atoms with Crippen molar-refractivity contribution in [3.63, 3.8) is 0 Å². The van der Waals surface area contributed by atoms with E-state index in [4.69, 9.17) is 4.74 Å². The molecule has 0 aliphatic heterocycles. The smallest absolute Gasteiger partial charge is 0.257 e. The van der Waals surface area contributed by atoms with Crippen molar-refractivity contribution in [1.29, 1.82) is 0 Å². The molecule has 4 aromatic rings. The predicted octanol–water partition coefficient (Wildman–Crippen LogP) is 3.57. The number of nitrogens with zero attached hydrogens (tertiary/aromatic N) is 3. The highest BCUT2D eigenvalue weighted by Gasteiger charge is 2.20. The van der Waals surface area contributed by atoms with Crippen molar-refractivity contribution in [2.75, 3.05) is 18.5 Å². The number of nitrogens with one attached hydrogen (secondary N) is 2. The first kappa shape index (κ1) is 21.8. The van der Waals surface area contributed by atoms with Crippen LogP contribution >= 0.6 is 0 Å². The van der Waals surface area contributed by atoms with Crippen LogP contribution in [0.4, 0.5) is 10.1 Å². The van der Waals surface area contributed by atoms with Gasteiger partial charge in [0.2, 0.25) is 5.91 Å². The molecule has 9 heteroatoms. The summed E-state index contributed by atoms with van der Waals surface area (Å²) in [5.74, 6) is -0.0321. The fourth-order valence-corrected chi connectivity index (χ4v) is 3.26. The minimum absolute atomic E-state index is 0.223. The minimum Gasteiger partial charge on any atom is -0.494 e. The Bertz CT molecular complexity index is 1230. The van der Waals surface area contributed by atoms with Gasteiger partial charge in [0, 0.05) is 18.1 Å². The van der Waals surface area contributed by atoms with E-state index in [1.165, 1.54) is 23.0 Å². The van der Waals surface area contributed by atoms with Gasteiger partial charge in [-0.25, -0.2) is 9.07 Å². The van der Waals surface area contributed by atoms with E-state index in [9.17, 15) is 14.0 Å². The molecule has 0 radical (unpaired) electrons. The van der Waals surface area contributed by atoms with E-state index < -0.39 is 5.91 Å². The summed E-state index contributed by atoms with van der Waals surface area (Å²) in [5, 5.41) is 9.66. The van der Waals surface area contributed by atoms with Gasteiger partial charge in [0.15, 0.2) is 5.82 Å². The van der Waals surface area contributed by atoms with Gasteiger partial charge in [-0.2, -0.15) is 5.10 Å². The summed E-state index contributed by atoms with van der Waals surface area (Å²) in [7, 11) is 0. The molecule has 0 fully saturated rings. The molecule has 2 heterocycles. The number of amides is 2. The third kappa shape index (κ3) is 5.09. The van der Waals surface area contributed by atoms with Crippen molar-refractivity contribution in [2.45, 2.75) is 6.92 Å². The summed E-state index contributed by atoms with van der Waals surface area (Å²) < 4.78 is 22.0. The van der Waals surface area contributed by atoms with E-state index in [-0.39, 0.29) is 23.8 Å². The molecule has 168 valence electrons. The number of benzene rings is 2. The molecule has 0 saturated carbocycles. The average molecular weight is 447 g/mol. The molecule has 2 aromatic carbocycles. The maximum Gasteiger partial charge on any atom is 0.257 e. The van der Waals surface area contributed by atoms with Crippen LogP contribution in [-0.4, -0.2) is 39.3 Å².